The molecule has 0 bridgehead atoms. The van der Waals surface area contributed by atoms with E-state index >= 15 is 0 Å². The van der Waals surface area contributed by atoms with E-state index in [2.05, 4.69) is 62.8 Å². The third-order valence-corrected chi connectivity index (χ3v) is 5.64. The van der Waals surface area contributed by atoms with E-state index in [4.69, 9.17) is 0 Å². The molecule has 30 heavy (non-hydrogen) atoms. The number of anilines is 1. The lowest BCUT2D eigenvalue weighted by Gasteiger charge is -2.21. The molecule has 2 atom stereocenters. The highest BCUT2D eigenvalue weighted by Gasteiger charge is 2.21. The van der Waals surface area contributed by atoms with Crippen LogP contribution in [0, 0.1) is 0 Å². The van der Waals surface area contributed by atoms with Crippen LogP contribution in [0.5, 0.6) is 0 Å². The summed E-state index contributed by atoms with van der Waals surface area (Å²) in [7, 11) is 4.06. The number of benzene rings is 2. The van der Waals surface area contributed by atoms with Crippen LogP contribution in [0.25, 0.3) is 10.9 Å². The van der Waals surface area contributed by atoms with E-state index in [0.29, 0.717) is 6.54 Å². The van der Waals surface area contributed by atoms with Crippen molar-refractivity contribution in [2.75, 3.05) is 25.5 Å². The first kappa shape index (κ1) is 19.8. The summed E-state index contributed by atoms with van der Waals surface area (Å²) in [6.07, 6.45) is 7.22. The number of aromatic amines is 1. The van der Waals surface area contributed by atoms with Gasteiger partial charge in [-0.2, -0.15) is 0 Å². The maximum atomic E-state index is 12.8. The highest BCUT2D eigenvalue weighted by Crippen LogP contribution is 2.31. The molecular formula is C24H27N5O. The number of hydrogen-bond donors (Lipinski definition) is 2. The van der Waals surface area contributed by atoms with E-state index in [1.807, 2.05) is 37.7 Å². The van der Waals surface area contributed by atoms with Crippen LogP contribution in [0.3, 0.4) is 0 Å². The molecule has 0 aliphatic carbocycles. The van der Waals surface area contributed by atoms with Crippen molar-refractivity contribution in [3.63, 3.8) is 0 Å². The van der Waals surface area contributed by atoms with Gasteiger partial charge in [0, 0.05) is 61.7 Å². The normalized spacial score (nSPS) is 13.2. The molecule has 2 N–H and O–H groups in total. The van der Waals surface area contributed by atoms with Crippen LogP contribution in [0.1, 0.15) is 30.0 Å². The first-order valence-corrected chi connectivity index (χ1v) is 10.1. The number of amides is 1. The van der Waals surface area contributed by atoms with E-state index < -0.39 is 0 Å². The number of nitrogens with zero attached hydrogens (tertiary/aromatic N) is 3. The van der Waals surface area contributed by atoms with Crippen LogP contribution in [-0.2, 0) is 4.79 Å². The molecule has 6 heteroatoms. The van der Waals surface area contributed by atoms with Crippen LogP contribution < -0.4 is 10.2 Å². The molecule has 2 heterocycles. The smallest absolute Gasteiger partial charge is 0.242 e. The minimum Gasteiger partial charge on any atom is -0.378 e. The second kappa shape index (κ2) is 8.45. The highest BCUT2D eigenvalue weighted by atomic mass is 16.2. The second-order valence-corrected chi connectivity index (χ2v) is 7.76. The van der Waals surface area contributed by atoms with Gasteiger partial charge >= 0.3 is 0 Å². The Kier molecular flexibility index (Phi) is 5.57. The summed E-state index contributed by atoms with van der Waals surface area (Å²) in [5, 5.41) is 4.32. The Morgan fingerprint density at radius 3 is 2.63 bits per heavy atom. The molecule has 2 aromatic heterocycles. The zero-order chi connectivity index (χ0) is 21.1. The Morgan fingerprint density at radius 2 is 1.93 bits per heavy atom. The van der Waals surface area contributed by atoms with Gasteiger partial charge in [0.05, 0.1) is 6.33 Å². The van der Waals surface area contributed by atoms with E-state index in [1.54, 1.807) is 18.7 Å². The summed E-state index contributed by atoms with van der Waals surface area (Å²) >= 11 is 0. The Morgan fingerprint density at radius 1 is 1.17 bits per heavy atom. The van der Waals surface area contributed by atoms with Crippen LogP contribution in [0.4, 0.5) is 5.69 Å². The molecule has 1 amide bonds. The van der Waals surface area contributed by atoms with Crippen LogP contribution in [-0.4, -0.2) is 41.1 Å². The summed E-state index contributed by atoms with van der Waals surface area (Å²) < 4.78 is 1.81. The number of carbonyl (C=O) groups is 1. The predicted molar refractivity (Wildman–Crippen MR) is 121 cm³/mol. The van der Waals surface area contributed by atoms with Gasteiger partial charge < -0.3 is 19.8 Å². The van der Waals surface area contributed by atoms with Gasteiger partial charge in [0.2, 0.25) is 5.91 Å². The van der Waals surface area contributed by atoms with Gasteiger partial charge in [-0.1, -0.05) is 30.3 Å². The third kappa shape index (κ3) is 3.94. The van der Waals surface area contributed by atoms with Gasteiger partial charge in [0.1, 0.15) is 6.04 Å². The monoisotopic (exact) mass is 401 g/mol. The zero-order valence-corrected chi connectivity index (χ0v) is 17.5. The average Bonchev–Trinajstić information content (AvgIpc) is 3.44. The molecular weight excluding hydrogens is 374 g/mol. The molecule has 0 aliphatic rings. The van der Waals surface area contributed by atoms with Crippen LogP contribution in [0.2, 0.25) is 0 Å². The molecule has 0 spiro atoms. The molecule has 2 unspecified atom stereocenters. The first-order valence-electron chi connectivity index (χ1n) is 10.1. The number of rotatable bonds is 7. The van der Waals surface area contributed by atoms with Crippen molar-refractivity contribution in [1.82, 2.24) is 19.9 Å². The van der Waals surface area contributed by atoms with Crippen LogP contribution >= 0.6 is 0 Å². The van der Waals surface area contributed by atoms with E-state index in [-0.39, 0.29) is 17.9 Å². The van der Waals surface area contributed by atoms with Gasteiger partial charge in [-0.05, 0) is 36.2 Å². The standard InChI is InChI=1S/C24H27N5O/c1-17(29-13-12-25-16-29)24(30)27-14-21(18-8-10-19(11-9-18)28(2)3)22-15-26-23-7-5-4-6-20(22)23/h4-13,15-17,21,26H,14H2,1-3H3,(H,27,30). The maximum absolute atomic E-state index is 12.8. The van der Waals surface area contributed by atoms with Crippen molar-refractivity contribution in [2.45, 2.75) is 18.9 Å². The number of para-hydroxylation sites is 1. The average molecular weight is 402 g/mol. The van der Waals surface area contributed by atoms with Crippen molar-refractivity contribution < 1.29 is 4.79 Å². The van der Waals surface area contributed by atoms with Crippen LogP contribution in [0.15, 0.2) is 73.4 Å². The fraction of sp³-hybridized carbons (Fsp3) is 0.250. The molecule has 0 aliphatic heterocycles. The number of aromatic nitrogens is 3. The lowest BCUT2D eigenvalue weighted by molar-refractivity contribution is -0.123. The number of nitrogens with one attached hydrogen (secondary N) is 2. The number of fused-ring (bicyclic) bond motifs is 1. The minimum absolute atomic E-state index is 0.0252. The number of hydrogen-bond acceptors (Lipinski definition) is 3. The summed E-state index contributed by atoms with van der Waals surface area (Å²) in [5.41, 5.74) is 4.59. The Balaban J connectivity index is 1.62. The van der Waals surface area contributed by atoms with Crippen molar-refractivity contribution in [3.05, 3.63) is 84.6 Å². The Bertz CT molecular complexity index is 1110. The van der Waals surface area contributed by atoms with Crippen molar-refractivity contribution >= 4 is 22.5 Å². The molecule has 154 valence electrons. The molecule has 4 rings (SSSR count). The van der Waals surface area contributed by atoms with Gasteiger partial charge in [-0.25, -0.2) is 4.98 Å². The molecule has 2 aromatic carbocycles. The van der Waals surface area contributed by atoms with E-state index in [1.165, 1.54) is 16.5 Å². The zero-order valence-electron chi connectivity index (χ0n) is 17.5. The lowest BCUT2D eigenvalue weighted by atomic mass is 9.90. The minimum atomic E-state index is -0.313. The topological polar surface area (TPSA) is 66.0 Å². The van der Waals surface area contributed by atoms with E-state index in [0.717, 1.165) is 11.2 Å². The summed E-state index contributed by atoms with van der Waals surface area (Å²) in [6.45, 7) is 2.39. The Hall–Kier alpha value is -3.54. The molecule has 0 saturated carbocycles. The van der Waals surface area contributed by atoms with Gasteiger partial charge in [-0.3, -0.25) is 4.79 Å². The van der Waals surface area contributed by atoms with E-state index in [9.17, 15) is 4.79 Å². The molecule has 0 radical (unpaired) electrons. The number of imidazole rings is 1. The summed E-state index contributed by atoms with van der Waals surface area (Å²) in [5.74, 6) is 0.0130. The van der Waals surface area contributed by atoms with Crippen molar-refractivity contribution in [2.24, 2.45) is 0 Å². The van der Waals surface area contributed by atoms with Gasteiger partial charge in [-0.15, -0.1) is 0 Å². The molecule has 0 saturated heterocycles. The largest absolute Gasteiger partial charge is 0.378 e. The van der Waals surface area contributed by atoms with Crippen molar-refractivity contribution in [1.29, 1.82) is 0 Å². The number of H-pyrrole nitrogens is 1. The highest BCUT2D eigenvalue weighted by molar-refractivity contribution is 5.84. The van der Waals surface area contributed by atoms with Gasteiger partial charge in [0.25, 0.3) is 0 Å². The first-order chi connectivity index (χ1) is 14.5. The quantitative estimate of drug-likeness (QED) is 0.493. The predicted octanol–water partition coefficient (Wildman–Crippen LogP) is 3.94. The summed E-state index contributed by atoms with van der Waals surface area (Å²) in [6, 6.07) is 16.5. The van der Waals surface area contributed by atoms with Crippen molar-refractivity contribution in [3.8, 4) is 0 Å². The fourth-order valence-corrected chi connectivity index (χ4v) is 3.78. The molecule has 0 fully saturated rings. The lowest BCUT2D eigenvalue weighted by Crippen LogP contribution is -2.34. The summed E-state index contributed by atoms with van der Waals surface area (Å²) in [4.78, 5) is 22.3. The number of carbonyl (C=O) groups excluding carboxylic acids is 1. The SMILES string of the molecule is CC(C(=O)NCC(c1ccc(N(C)C)cc1)c1c[nH]c2ccccc12)n1ccnc1. The molecule has 6 nitrogen and oxygen atoms in total. The molecule has 4 aromatic rings. The Labute approximate surface area is 176 Å². The maximum Gasteiger partial charge on any atom is 0.242 e. The van der Waals surface area contributed by atoms with Gasteiger partial charge in [0.15, 0.2) is 0 Å². The third-order valence-electron chi connectivity index (χ3n) is 5.64. The second-order valence-electron chi connectivity index (χ2n) is 7.76. The fourth-order valence-electron chi connectivity index (χ4n) is 3.78.